The molecule has 1 heterocycles. The van der Waals surface area contributed by atoms with E-state index in [1.165, 1.54) is 4.90 Å². The van der Waals surface area contributed by atoms with Crippen LogP contribution in [0.4, 0.5) is 17.1 Å². The fraction of sp³-hybridized carbons (Fsp3) is 0.154. The summed E-state index contributed by atoms with van der Waals surface area (Å²) in [6.07, 6.45) is 0. The number of ether oxygens (including phenoxy) is 1. The van der Waals surface area contributed by atoms with Gasteiger partial charge in [0.1, 0.15) is 11.4 Å². The molecular formula is C26H25N3O3. The summed E-state index contributed by atoms with van der Waals surface area (Å²) in [5, 5.41) is 3.22. The van der Waals surface area contributed by atoms with Crippen LogP contribution in [0.25, 0.3) is 5.57 Å². The lowest BCUT2D eigenvalue weighted by Crippen LogP contribution is -2.32. The molecule has 6 heteroatoms. The van der Waals surface area contributed by atoms with Crippen LogP contribution in [0.1, 0.15) is 11.1 Å². The van der Waals surface area contributed by atoms with Crippen LogP contribution in [-0.4, -0.2) is 33.0 Å². The van der Waals surface area contributed by atoms with E-state index in [4.69, 9.17) is 4.74 Å². The lowest BCUT2D eigenvalue weighted by atomic mass is 10.0. The Kier molecular flexibility index (Phi) is 5.69. The van der Waals surface area contributed by atoms with Crippen molar-refractivity contribution >= 4 is 34.4 Å². The Morgan fingerprint density at radius 1 is 0.844 bits per heavy atom. The van der Waals surface area contributed by atoms with Crippen molar-refractivity contribution < 1.29 is 14.3 Å². The zero-order valence-corrected chi connectivity index (χ0v) is 18.5. The Morgan fingerprint density at radius 2 is 1.50 bits per heavy atom. The van der Waals surface area contributed by atoms with Crippen molar-refractivity contribution in [2.24, 2.45) is 0 Å². The molecule has 1 aliphatic heterocycles. The minimum absolute atomic E-state index is 0.256. The molecule has 0 atom stereocenters. The van der Waals surface area contributed by atoms with Crippen LogP contribution < -0.4 is 19.9 Å². The van der Waals surface area contributed by atoms with Crippen molar-refractivity contribution in [1.29, 1.82) is 0 Å². The second kappa shape index (κ2) is 8.59. The largest absolute Gasteiger partial charge is 0.497 e. The number of hydrogen-bond acceptors (Lipinski definition) is 5. The Hall–Kier alpha value is -4.06. The smallest absolute Gasteiger partial charge is 0.282 e. The minimum atomic E-state index is -0.387. The van der Waals surface area contributed by atoms with E-state index in [1.54, 1.807) is 43.5 Å². The molecule has 0 saturated heterocycles. The second-order valence-electron chi connectivity index (χ2n) is 7.77. The average Bonchev–Trinajstić information content (AvgIpc) is 3.04. The quantitative estimate of drug-likeness (QED) is 0.589. The third-order valence-electron chi connectivity index (χ3n) is 5.49. The molecule has 0 fully saturated rings. The van der Waals surface area contributed by atoms with Crippen molar-refractivity contribution in [2.45, 2.75) is 6.92 Å². The van der Waals surface area contributed by atoms with Gasteiger partial charge in [0.05, 0.1) is 18.4 Å². The van der Waals surface area contributed by atoms with E-state index in [0.29, 0.717) is 22.6 Å². The molecular weight excluding hydrogens is 402 g/mol. The molecule has 4 rings (SSSR count). The molecule has 0 unspecified atom stereocenters. The fourth-order valence-corrected chi connectivity index (χ4v) is 3.65. The van der Waals surface area contributed by atoms with Gasteiger partial charge in [-0.1, -0.05) is 30.3 Å². The summed E-state index contributed by atoms with van der Waals surface area (Å²) in [5.74, 6) is -0.0776. The summed E-state index contributed by atoms with van der Waals surface area (Å²) in [7, 11) is 5.46. The number of aryl methyl sites for hydroxylation is 1. The highest BCUT2D eigenvalue weighted by molar-refractivity contribution is 6.46. The van der Waals surface area contributed by atoms with Gasteiger partial charge in [0.25, 0.3) is 11.8 Å². The van der Waals surface area contributed by atoms with Gasteiger partial charge in [0.2, 0.25) is 0 Å². The molecule has 32 heavy (non-hydrogen) atoms. The van der Waals surface area contributed by atoms with Gasteiger partial charge in [-0.2, -0.15) is 0 Å². The highest BCUT2D eigenvalue weighted by Crippen LogP contribution is 2.35. The summed E-state index contributed by atoms with van der Waals surface area (Å²) < 4.78 is 5.24. The van der Waals surface area contributed by atoms with Crippen LogP contribution in [0.5, 0.6) is 5.75 Å². The number of para-hydroxylation sites is 1. The van der Waals surface area contributed by atoms with Crippen molar-refractivity contribution in [1.82, 2.24) is 0 Å². The number of nitrogens with zero attached hydrogens (tertiary/aromatic N) is 2. The maximum Gasteiger partial charge on any atom is 0.282 e. The Bertz CT molecular complexity index is 1200. The van der Waals surface area contributed by atoms with Crippen molar-refractivity contribution in [2.75, 3.05) is 36.3 Å². The number of anilines is 3. The van der Waals surface area contributed by atoms with Gasteiger partial charge in [0.15, 0.2) is 0 Å². The Balaban J connectivity index is 1.79. The van der Waals surface area contributed by atoms with Gasteiger partial charge in [-0.3, -0.25) is 9.59 Å². The molecule has 162 valence electrons. The van der Waals surface area contributed by atoms with E-state index in [1.807, 2.05) is 62.3 Å². The summed E-state index contributed by atoms with van der Waals surface area (Å²) >= 11 is 0. The van der Waals surface area contributed by atoms with Gasteiger partial charge in [-0.15, -0.1) is 0 Å². The monoisotopic (exact) mass is 427 g/mol. The first-order valence-electron chi connectivity index (χ1n) is 10.3. The van der Waals surface area contributed by atoms with Crippen LogP contribution in [0.15, 0.2) is 78.5 Å². The predicted molar refractivity (Wildman–Crippen MR) is 128 cm³/mol. The van der Waals surface area contributed by atoms with Crippen LogP contribution in [0.3, 0.4) is 0 Å². The number of methoxy groups -OCH3 is 1. The van der Waals surface area contributed by atoms with Gasteiger partial charge >= 0.3 is 0 Å². The lowest BCUT2D eigenvalue weighted by molar-refractivity contribution is -0.120. The molecule has 0 spiro atoms. The van der Waals surface area contributed by atoms with Gasteiger partial charge < -0.3 is 15.0 Å². The third kappa shape index (κ3) is 3.83. The summed E-state index contributed by atoms with van der Waals surface area (Å²) in [5.41, 5.74) is 4.49. The minimum Gasteiger partial charge on any atom is -0.497 e. The fourth-order valence-electron chi connectivity index (χ4n) is 3.65. The lowest BCUT2D eigenvalue weighted by Gasteiger charge is -2.18. The third-order valence-corrected chi connectivity index (χ3v) is 5.49. The normalized spacial score (nSPS) is 13.6. The summed E-state index contributed by atoms with van der Waals surface area (Å²) in [6.45, 7) is 1.95. The van der Waals surface area contributed by atoms with E-state index >= 15 is 0 Å². The standard InChI is InChI=1S/C26H25N3O3/c1-17-7-5-6-8-22(17)27-24-23(18-9-15-21(32-4)16-10-18)25(30)29(26(24)31)20-13-11-19(12-14-20)28(2)3/h5-16,27H,1-4H3. The van der Waals surface area contributed by atoms with Crippen LogP contribution >= 0.6 is 0 Å². The number of carbonyl (C=O) groups is 2. The highest BCUT2D eigenvalue weighted by atomic mass is 16.5. The van der Waals surface area contributed by atoms with Gasteiger partial charge in [0, 0.05) is 25.5 Å². The predicted octanol–water partition coefficient (Wildman–Crippen LogP) is 4.47. The van der Waals surface area contributed by atoms with E-state index in [-0.39, 0.29) is 17.5 Å². The van der Waals surface area contributed by atoms with E-state index in [9.17, 15) is 9.59 Å². The first-order chi connectivity index (χ1) is 15.4. The Morgan fingerprint density at radius 3 is 2.09 bits per heavy atom. The first kappa shape index (κ1) is 21.2. The summed E-state index contributed by atoms with van der Waals surface area (Å²) in [4.78, 5) is 30.2. The molecule has 1 aliphatic rings. The van der Waals surface area contributed by atoms with Crippen molar-refractivity contribution in [3.63, 3.8) is 0 Å². The number of imide groups is 1. The molecule has 1 N–H and O–H groups in total. The number of hydrogen-bond donors (Lipinski definition) is 1. The van der Waals surface area contributed by atoms with Crippen LogP contribution in [-0.2, 0) is 9.59 Å². The van der Waals surface area contributed by atoms with E-state index in [0.717, 1.165) is 16.9 Å². The summed E-state index contributed by atoms with van der Waals surface area (Å²) in [6, 6.07) is 22.1. The average molecular weight is 428 g/mol. The molecule has 0 bridgehead atoms. The van der Waals surface area contributed by atoms with E-state index < -0.39 is 0 Å². The number of benzene rings is 3. The highest BCUT2D eigenvalue weighted by Gasteiger charge is 2.40. The number of nitrogens with one attached hydrogen (secondary N) is 1. The van der Waals surface area contributed by atoms with Gasteiger partial charge in [-0.25, -0.2) is 4.90 Å². The van der Waals surface area contributed by atoms with Crippen molar-refractivity contribution in [3.8, 4) is 5.75 Å². The maximum atomic E-state index is 13.5. The second-order valence-corrected chi connectivity index (χ2v) is 7.77. The zero-order chi connectivity index (χ0) is 22.8. The molecule has 2 amide bonds. The molecule has 0 saturated carbocycles. The van der Waals surface area contributed by atoms with Crippen LogP contribution in [0, 0.1) is 6.92 Å². The van der Waals surface area contributed by atoms with E-state index in [2.05, 4.69) is 5.32 Å². The molecule has 3 aromatic carbocycles. The number of carbonyl (C=O) groups excluding carboxylic acids is 2. The molecule has 0 aliphatic carbocycles. The molecule has 0 radical (unpaired) electrons. The van der Waals surface area contributed by atoms with Gasteiger partial charge in [-0.05, 0) is 60.5 Å². The number of rotatable bonds is 6. The van der Waals surface area contributed by atoms with Crippen molar-refractivity contribution in [3.05, 3.63) is 89.6 Å². The molecule has 0 aromatic heterocycles. The molecule has 6 nitrogen and oxygen atoms in total. The Labute approximate surface area is 187 Å². The first-order valence-corrected chi connectivity index (χ1v) is 10.3. The molecule has 3 aromatic rings. The van der Waals surface area contributed by atoms with Crippen LogP contribution in [0.2, 0.25) is 0 Å². The number of amides is 2. The maximum absolute atomic E-state index is 13.5. The zero-order valence-electron chi connectivity index (χ0n) is 18.5. The topological polar surface area (TPSA) is 61.9 Å². The SMILES string of the molecule is COc1ccc(C2=C(Nc3ccccc3C)C(=O)N(c3ccc(N(C)C)cc3)C2=O)cc1.